The van der Waals surface area contributed by atoms with Crippen LogP contribution < -0.4 is 0 Å². The molecule has 0 spiro atoms. The van der Waals surface area contributed by atoms with Crippen molar-refractivity contribution in [3.05, 3.63) is 46.0 Å². The summed E-state index contributed by atoms with van der Waals surface area (Å²) in [6.45, 7) is -0.567. The highest BCUT2D eigenvalue weighted by Gasteiger charge is 2.48. The molecule has 116 valence electrons. The van der Waals surface area contributed by atoms with Gasteiger partial charge in [-0.15, -0.1) is 0 Å². The quantitative estimate of drug-likeness (QED) is 0.463. The fraction of sp³-hybridized carbons (Fsp3) is 0.357. The highest BCUT2D eigenvalue weighted by Crippen LogP contribution is 2.31. The second-order valence-corrected chi connectivity index (χ2v) is 5.09. The number of hydrogen-bond acceptors (Lipinski definition) is 5. The standard InChI is InChI=1S/C14H15N3O5/c1-15-12(18)11(13(19)16(2)14(15)20)10(8-17(21)22)9-6-4-3-5-7-9/h3-7,10-11H,8H2,1-2H3. The molecule has 4 amide bonds. The lowest BCUT2D eigenvalue weighted by molar-refractivity contribution is -0.484. The van der Waals surface area contributed by atoms with Gasteiger partial charge in [0.1, 0.15) is 5.92 Å². The van der Waals surface area contributed by atoms with Crippen LogP contribution in [0.5, 0.6) is 0 Å². The summed E-state index contributed by atoms with van der Waals surface area (Å²) in [6, 6.07) is 7.62. The van der Waals surface area contributed by atoms with Crippen LogP contribution in [0.25, 0.3) is 0 Å². The molecule has 1 aromatic rings. The van der Waals surface area contributed by atoms with Gasteiger partial charge >= 0.3 is 6.03 Å². The van der Waals surface area contributed by atoms with Crippen molar-refractivity contribution in [3.8, 4) is 0 Å². The monoisotopic (exact) mass is 305 g/mol. The third-order valence-electron chi connectivity index (χ3n) is 3.74. The average molecular weight is 305 g/mol. The Hall–Kier alpha value is -2.77. The van der Waals surface area contributed by atoms with Crippen LogP contribution >= 0.6 is 0 Å². The molecule has 1 heterocycles. The van der Waals surface area contributed by atoms with Crippen LogP contribution in [-0.4, -0.2) is 53.2 Å². The summed E-state index contributed by atoms with van der Waals surface area (Å²) in [5.74, 6) is -3.64. The van der Waals surface area contributed by atoms with Gasteiger partial charge in [-0.05, 0) is 5.56 Å². The molecular weight excluding hydrogens is 290 g/mol. The number of carbonyl (C=O) groups excluding carboxylic acids is 3. The van der Waals surface area contributed by atoms with Gasteiger partial charge in [0.2, 0.25) is 18.4 Å². The number of barbiturate groups is 1. The van der Waals surface area contributed by atoms with Crippen molar-refractivity contribution in [2.45, 2.75) is 5.92 Å². The van der Waals surface area contributed by atoms with Crippen LogP contribution in [0, 0.1) is 16.0 Å². The number of urea groups is 1. The number of rotatable bonds is 4. The number of carbonyl (C=O) groups is 3. The van der Waals surface area contributed by atoms with Crippen LogP contribution in [0.1, 0.15) is 11.5 Å². The molecule has 1 saturated heterocycles. The second-order valence-electron chi connectivity index (χ2n) is 5.09. The smallest absolute Gasteiger partial charge is 0.273 e. The van der Waals surface area contributed by atoms with E-state index >= 15 is 0 Å². The minimum atomic E-state index is -1.28. The van der Waals surface area contributed by atoms with E-state index in [1.807, 2.05) is 0 Å². The van der Waals surface area contributed by atoms with Crippen molar-refractivity contribution in [2.24, 2.45) is 5.92 Å². The second kappa shape index (κ2) is 5.92. The van der Waals surface area contributed by atoms with E-state index in [0.29, 0.717) is 5.56 Å². The average Bonchev–Trinajstić information content (AvgIpc) is 2.50. The summed E-state index contributed by atoms with van der Waals surface area (Å²) in [5, 5.41) is 11.0. The van der Waals surface area contributed by atoms with Gasteiger partial charge in [-0.25, -0.2) is 4.79 Å². The maximum atomic E-state index is 12.3. The summed E-state index contributed by atoms with van der Waals surface area (Å²) in [5.41, 5.74) is 0.516. The van der Waals surface area contributed by atoms with Gasteiger partial charge < -0.3 is 0 Å². The Morgan fingerprint density at radius 1 is 1.09 bits per heavy atom. The van der Waals surface area contributed by atoms with E-state index in [1.165, 1.54) is 14.1 Å². The van der Waals surface area contributed by atoms with Gasteiger partial charge in [-0.1, -0.05) is 30.3 Å². The fourth-order valence-corrected chi connectivity index (χ4v) is 2.54. The lowest BCUT2D eigenvalue weighted by atomic mass is 9.83. The molecule has 0 aliphatic carbocycles. The first-order chi connectivity index (χ1) is 10.3. The van der Waals surface area contributed by atoms with Crippen LogP contribution in [0.15, 0.2) is 30.3 Å². The molecule has 8 nitrogen and oxygen atoms in total. The number of amides is 4. The Morgan fingerprint density at radius 3 is 2.05 bits per heavy atom. The Morgan fingerprint density at radius 2 is 1.59 bits per heavy atom. The highest BCUT2D eigenvalue weighted by atomic mass is 16.6. The zero-order chi connectivity index (χ0) is 16.4. The third kappa shape index (κ3) is 2.67. The first-order valence-corrected chi connectivity index (χ1v) is 6.60. The van der Waals surface area contributed by atoms with Gasteiger partial charge in [-0.2, -0.15) is 0 Å². The maximum Gasteiger partial charge on any atom is 0.332 e. The Kier molecular flexibility index (Phi) is 4.20. The van der Waals surface area contributed by atoms with Gasteiger partial charge in [0, 0.05) is 19.0 Å². The van der Waals surface area contributed by atoms with E-state index in [4.69, 9.17) is 0 Å². The molecule has 0 bridgehead atoms. The molecular formula is C14H15N3O5. The lowest BCUT2D eigenvalue weighted by Gasteiger charge is -2.35. The van der Waals surface area contributed by atoms with Crippen molar-refractivity contribution in [2.75, 3.05) is 20.6 Å². The van der Waals surface area contributed by atoms with E-state index in [1.54, 1.807) is 30.3 Å². The summed E-state index contributed by atoms with van der Waals surface area (Å²) in [6.07, 6.45) is 0. The number of hydrogen-bond donors (Lipinski definition) is 0. The predicted molar refractivity (Wildman–Crippen MR) is 75.5 cm³/mol. The molecule has 1 aromatic carbocycles. The molecule has 1 atom stereocenters. The molecule has 1 unspecified atom stereocenters. The zero-order valence-corrected chi connectivity index (χ0v) is 12.1. The minimum absolute atomic E-state index is 0.516. The molecule has 22 heavy (non-hydrogen) atoms. The van der Waals surface area contributed by atoms with Crippen LogP contribution in [-0.2, 0) is 9.59 Å². The first-order valence-electron chi connectivity index (χ1n) is 6.60. The van der Waals surface area contributed by atoms with Gasteiger partial charge in [-0.3, -0.25) is 29.5 Å². The van der Waals surface area contributed by atoms with Crippen LogP contribution in [0.4, 0.5) is 4.79 Å². The normalized spacial score (nSPS) is 17.8. The number of imide groups is 2. The van der Waals surface area contributed by atoms with E-state index in [9.17, 15) is 24.5 Å². The zero-order valence-electron chi connectivity index (χ0n) is 12.1. The number of nitro groups is 1. The summed E-state index contributed by atoms with van der Waals surface area (Å²) in [7, 11) is 2.52. The highest BCUT2D eigenvalue weighted by molar-refractivity contribution is 6.16. The fourth-order valence-electron chi connectivity index (χ4n) is 2.54. The molecule has 0 N–H and O–H groups in total. The molecule has 8 heteroatoms. The Bertz CT molecular complexity index is 607. The molecule has 0 saturated carbocycles. The molecule has 0 radical (unpaired) electrons. The minimum Gasteiger partial charge on any atom is -0.273 e. The number of nitrogens with zero attached hydrogens (tertiary/aromatic N) is 3. The largest absolute Gasteiger partial charge is 0.332 e. The molecule has 1 aliphatic rings. The van der Waals surface area contributed by atoms with E-state index in [2.05, 4.69) is 0 Å². The van der Waals surface area contributed by atoms with Crippen molar-refractivity contribution in [1.82, 2.24) is 9.80 Å². The van der Waals surface area contributed by atoms with E-state index in [0.717, 1.165) is 9.80 Å². The molecule has 1 aliphatic heterocycles. The Balaban J connectivity index is 2.46. The van der Waals surface area contributed by atoms with Crippen LogP contribution in [0.3, 0.4) is 0 Å². The summed E-state index contributed by atoms with van der Waals surface area (Å²) < 4.78 is 0. The van der Waals surface area contributed by atoms with Crippen molar-refractivity contribution >= 4 is 17.8 Å². The first kappa shape index (κ1) is 15.6. The van der Waals surface area contributed by atoms with Crippen molar-refractivity contribution in [3.63, 3.8) is 0 Å². The SMILES string of the molecule is CN1C(=O)C(C(C[N+](=O)[O-])c2ccccc2)C(=O)N(C)C1=O. The Labute approximate surface area is 126 Å². The summed E-state index contributed by atoms with van der Waals surface area (Å²) >= 11 is 0. The maximum absolute atomic E-state index is 12.3. The molecule has 2 rings (SSSR count). The van der Waals surface area contributed by atoms with Crippen molar-refractivity contribution < 1.29 is 19.3 Å². The predicted octanol–water partition coefficient (Wildman–Crippen LogP) is 0.714. The van der Waals surface area contributed by atoms with Crippen molar-refractivity contribution in [1.29, 1.82) is 0 Å². The van der Waals surface area contributed by atoms with Gasteiger partial charge in [0.15, 0.2) is 0 Å². The third-order valence-corrected chi connectivity index (χ3v) is 3.74. The lowest BCUT2D eigenvalue weighted by Crippen LogP contribution is -2.58. The van der Waals surface area contributed by atoms with Gasteiger partial charge in [0.05, 0.1) is 5.92 Å². The molecule has 1 fully saturated rings. The summed E-state index contributed by atoms with van der Waals surface area (Å²) in [4.78, 5) is 48.4. The topological polar surface area (TPSA) is 101 Å². The van der Waals surface area contributed by atoms with Crippen LogP contribution in [0.2, 0.25) is 0 Å². The molecule has 0 aromatic heterocycles. The van der Waals surface area contributed by atoms with Gasteiger partial charge in [0.25, 0.3) is 0 Å². The number of benzene rings is 1. The van der Waals surface area contributed by atoms with E-state index < -0.39 is 41.1 Å². The van der Waals surface area contributed by atoms with E-state index in [-0.39, 0.29) is 0 Å².